The highest BCUT2D eigenvalue weighted by Gasteiger charge is 2.23. The van der Waals surface area contributed by atoms with Gasteiger partial charge >= 0.3 is 5.69 Å². The number of anilines is 1. The Bertz CT molecular complexity index is 591. The van der Waals surface area contributed by atoms with Crippen LogP contribution in [0.3, 0.4) is 0 Å². The molecule has 0 bridgehead atoms. The molecule has 2 aromatic heterocycles. The highest BCUT2D eigenvalue weighted by Crippen LogP contribution is 2.24. The molecule has 0 aliphatic heterocycles. The van der Waals surface area contributed by atoms with E-state index >= 15 is 0 Å². The van der Waals surface area contributed by atoms with Crippen molar-refractivity contribution in [2.75, 3.05) is 5.73 Å². The van der Waals surface area contributed by atoms with Crippen LogP contribution in [0.4, 0.5) is 11.6 Å². The predicted molar refractivity (Wildman–Crippen MR) is 59.7 cm³/mol. The van der Waals surface area contributed by atoms with Gasteiger partial charge in [0.1, 0.15) is 5.69 Å². The third-order valence-corrected chi connectivity index (χ3v) is 2.17. The smallest absolute Gasteiger partial charge is 0.334 e. The molecule has 0 amide bonds. The van der Waals surface area contributed by atoms with Crippen LogP contribution < -0.4 is 5.73 Å². The maximum absolute atomic E-state index is 11.0. The van der Waals surface area contributed by atoms with E-state index in [0.717, 1.165) is 5.56 Å². The number of rotatable bonds is 2. The van der Waals surface area contributed by atoms with E-state index in [-0.39, 0.29) is 23.1 Å². The number of nitro groups is 1. The molecule has 0 aliphatic rings. The van der Waals surface area contributed by atoms with Gasteiger partial charge in [0.2, 0.25) is 11.8 Å². The van der Waals surface area contributed by atoms with E-state index < -0.39 is 4.92 Å². The summed E-state index contributed by atoms with van der Waals surface area (Å²) >= 11 is 0. The van der Waals surface area contributed by atoms with Gasteiger partial charge in [-0.2, -0.15) is 10.1 Å². The first-order valence-electron chi connectivity index (χ1n) is 4.79. The molecule has 0 saturated heterocycles. The molecule has 0 radical (unpaired) electrons. The molecular formula is C9H10N6O2. The zero-order chi connectivity index (χ0) is 12.6. The van der Waals surface area contributed by atoms with Crippen molar-refractivity contribution in [3.63, 3.8) is 0 Å². The summed E-state index contributed by atoms with van der Waals surface area (Å²) in [4.78, 5) is 18.1. The van der Waals surface area contributed by atoms with Gasteiger partial charge in [0, 0.05) is 6.20 Å². The highest BCUT2D eigenvalue weighted by atomic mass is 16.6. The monoisotopic (exact) mass is 234 g/mol. The van der Waals surface area contributed by atoms with Gasteiger partial charge in [-0.05, 0) is 19.4 Å². The lowest BCUT2D eigenvalue weighted by Gasteiger charge is -2.04. The minimum Gasteiger partial charge on any atom is -0.368 e. The van der Waals surface area contributed by atoms with Crippen LogP contribution in [-0.2, 0) is 0 Å². The lowest BCUT2D eigenvalue weighted by atomic mass is 10.3. The van der Waals surface area contributed by atoms with Gasteiger partial charge in [0.05, 0.1) is 11.1 Å². The molecule has 8 heteroatoms. The van der Waals surface area contributed by atoms with Crippen molar-refractivity contribution in [2.24, 2.45) is 0 Å². The van der Waals surface area contributed by atoms with Gasteiger partial charge in [0.25, 0.3) is 0 Å². The highest BCUT2D eigenvalue weighted by molar-refractivity contribution is 5.52. The Morgan fingerprint density at radius 1 is 1.41 bits per heavy atom. The Morgan fingerprint density at radius 2 is 2.12 bits per heavy atom. The Kier molecular flexibility index (Phi) is 2.47. The first-order valence-corrected chi connectivity index (χ1v) is 4.79. The first kappa shape index (κ1) is 11.0. The van der Waals surface area contributed by atoms with Crippen molar-refractivity contribution in [3.05, 3.63) is 33.8 Å². The molecule has 2 rings (SSSR count). The summed E-state index contributed by atoms with van der Waals surface area (Å²) in [7, 11) is 0. The van der Waals surface area contributed by atoms with Crippen LogP contribution in [0.5, 0.6) is 0 Å². The maximum atomic E-state index is 11.0. The van der Waals surface area contributed by atoms with Crippen molar-refractivity contribution in [1.82, 2.24) is 19.7 Å². The number of hydrogen-bond donors (Lipinski definition) is 1. The third kappa shape index (κ3) is 1.92. The second-order valence-electron chi connectivity index (χ2n) is 3.56. The third-order valence-electron chi connectivity index (χ3n) is 2.17. The van der Waals surface area contributed by atoms with Crippen molar-refractivity contribution >= 4 is 11.6 Å². The summed E-state index contributed by atoms with van der Waals surface area (Å²) in [5.41, 5.74) is 6.38. The van der Waals surface area contributed by atoms with Crippen LogP contribution in [0.1, 0.15) is 11.3 Å². The number of hydrogen-bond acceptors (Lipinski definition) is 6. The van der Waals surface area contributed by atoms with E-state index in [0.29, 0.717) is 0 Å². The fourth-order valence-electron chi connectivity index (χ4n) is 1.48. The van der Waals surface area contributed by atoms with Crippen LogP contribution in [0, 0.1) is 24.0 Å². The van der Waals surface area contributed by atoms with E-state index in [2.05, 4.69) is 15.1 Å². The zero-order valence-corrected chi connectivity index (χ0v) is 9.28. The van der Waals surface area contributed by atoms with Gasteiger partial charge in [-0.3, -0.25) is 10.1 Å². The van der Waals surface area contributed by atoms with Crippen molar-refractivity contribution in [3.8, 4) is 5.82 Å². The summed E-state index contributed by atoms with van der Waals surface area (Å²) in [5.74, 6) is 0.0596. The molecule has 2 N–H and O–H groups in total. The standard InChI is InChI=1S/C9H10N6O2/c1-5-3-11-14(4-5)8-7(15(16)17)6(2)12-9(10)13-8/h3-4H,1-2H3,(H2,10,12,13). The van der Waals surface area contributed by atoms with Crippen molar-refractivity contribution < 1.29 is 4.92 Å². The van der Waals surface area contributed by atoms with Gasteiger partial charge < -0.3 is 5.73 Å². The molecule has 0 aliphatic carbocycles. The fraction of sp³-hybridized carbons (Fsp3) is 0.222. The Labute approximate surface area is 96.3 Å². The first-order chi connectivity index (χ1) is 7.99. The number of nitrogen functional groups attached to an aromatic ring is 1. The number of aryl methyl sites for hydroxylation is 2. The molecule has 17 heavy (non-hydrogen) atoms. The molecular weight excluding hydrogens is 224 g/mol. The summed E-state index contributed by atoms with van der Waals surface area (Å²) in [6.07, 6.45) is 3.21. The fourth-order valence-corrected chi connectivity index (χ4v) is 1.48. The zero-order valence-electron chi connectivity index (χ0n) is 9.28. The molecule has 0 fully saturated rings. The summed E-state index contributed by atoms with van der Waals surface area (Å²) in [6.45, 7) is 3.34. The molecule has 2 heterocycles. The topological polar surface area (TPSA) is 113 Å². The SMILES string of the molecule is Cc1cnn(-c2nc(N)nc(C)c2[N+](=O)[O-])c1. The lowest BCUT2D eigenvalue weighted by molar-refractivity contribution is -0.385. The Hall–Kier alpha value is -2.51. The molecule has 0 atom stereocenters. The molecule has 0 aromatic carbocycles. The number of nitrogens with two attached hydrogens (primary N) is 1. The number of aromatic nitrogens is 4. The summed E-state index contributed by atoms with van der Waals surface area (Å²) in [5, 5.41) is 15.0. The van der Waals surface area contributed by atoms with Crippen LogP contribution in [-0.4, -0.2) is 24.7 Å². The summed E-state index contributed by atoms with van der Waals surface area (Å²) in [6, 6.07) is 0. The van der Waals surface area contributed by atoms with Crippen LogP contribution in [0.25, 0.3) is 5.82 Å². The van der Waals surface area contributed by atoms with E-state index in [1.165, 1.54) is 11.6 Å². The van der Waals surface area contributed by atoms with Crippen molar-refractivity contribution in [1.29, 1.82) is 0 Å². The van der Waals surface area contributed by atoms with Crippen LogP contribution in [0.2, 0.25) is 0 Å². The van der Waals surface area contributed by atoms with E-state index in [9.17, 15) is 10.1 Å². The Balaban J connectivity index is 2.71. The molecule has 2 aromatic rings. The van der Waals surface area contributed by atoms with E-state index in [1.54, 1.807) is 12.4 Å². The minimum absolute atomic E-state index is 0.0174. The minimum atomic E-state index is -0.541. The predicted octanol–water partition coefficient (Wildman–Crippen LogP) is 0.770. The Morgan fingerprint density at radius 3 is 2.65 bits per heavy atom. The average Bonchev–Trinajstić information content (AvgIpc) is 2.62. The number of nitrogens with zero attached hydrogens (tertiary/aromatic N) is 5. The van der Waals surface area contributed by atoms with Crippen molar-refractivity contribution in [2.45, 2.75) is 13.8 Å². The molecule has 8 nitrogen and oxygen atoms in total. The van der Waals surface area contributed by atoms with Gasteiger partial charge in [0.15, 0.2) is 0 Å². The second kappa shape index (κ2) is 3.81. The van der Waals surface area contributed by atoms with Gasteiger partial charge in [-0.25, -0.2) is 9.67 Å². The lowest BCUT2D eigenvalue weighted by Crippen LogP contribution is -2.09. The molecule has 0 saturated carbocycles. The maximum Gasteiger partial charge on any atom is 0.334 e. The largest absolute Gasteiger partial charge is 0.368 e. The summed E-state index contributed by atoms with van der Waals surface area (Å²) < 4.78 is 1.32. The normalized spacial score (nSPS) is 10.5. The van der Waals surface area contributed by atoms with Crippen LogP contribution >= 0.6 is 0 Å². The second-order valence-corrected chi connectivity index (χ2v) is 3.56. The molecule has 88 valence electrons. The van der Waals surface area contributed by atoms with Gasteiger partial charge in [-0.1, -0.05) is 0 Å². The van der Waals surface area contributed by atoms with Gasteiger partial charge in [-0.15, -0.1) is 0 Å². The van der Waals surface area contributed by atoms with Crippen LogP contribution in [0.15, 0.2) is 12.4 Å². The van der Waals surface area contributed by atoms with E-state index in [4.69, 9.17) is 5.73 Å². The molecule has 0 unspecified atom stereocenters. The molecule has 0 spiro atoms. The van der Waals surface area contributed by atoms with E-state index in [1.807, 2.05) is 6.92 Å². The average molecular weight is 234 g/mol. The quantitative estimate of drug-likeness (QED) is 0.606.